The van der Waals surface area contributed by atoms with Gasteiger partial charge in [0.05, 0.1) is 12.3 Å². The van der Waals surface area contributed by atoms with Crippen LogP contribution in [0.5, 0.6) is 5.75 Å². The van der Waals surface area contributed by atoms with Crippen molar-refractivity contribution in [3.8, 4) is 5.75 Å². The Hall–Kier alpha value is -2.18. The number of aryl methyl sites for hydroxylation is 1. The van der Waals surface area contributed by atoms with Crippen molar-refractivity contribution in [2.45, 2.75) is 39.2 Å². The topological polar surface area (TPSA) is 46.8 Å². The molecule has 0 unspecified atom stereocenters. The monoisotopic (exact) mass is 397 g/mol. The number of aromatic nitrogens is 2. The molecule has 5 nitrogen and oxygen atoms in total. The maximum atomic E-state index is 12.1. The zero-order valence-electron chi connectivity index (χ0n) is 16.3. The van der Waals surface area contributed by atoms with Gasteiger partial charge in [-0.15, -0.1) is 11.3 Å². The molecule has 0 amide bonds. The molecule has 0 bridgehead atoms. The van der Waals surface area contributed by atoms with E-state index >= 15 is 0 Å². The number of piperidine rings is 1. The molecule has 0 saturated carbocycles. The molecule has 4 rings (SSSR count). The second kappa shape index (κ2) is 8.88. The summed E-state index contributed by atoms with van der Waals surface area (Å²) in [6, 6.07) is 10.2. The SMILES string of the molecule is CCOc1ccc(CCC2CCN(Cc3cc(=O)n4ccsc4n3)CC2)cc1. The average Bonchev–Trinajstić information content (AvgIpc) is 3.18. The highest BCUT2D eigenvalue weighted by Crippen LogP contribution is 2.24. The van der Waals surface area contributed by atoms with Crippen molar-refractivity contribution in [3.63, 3.8) is 0 Å². The molecule has 1 fully saturated rings. The van der Waals surface area contributed by atoms with Gasteiger partial charge in [0.2, 0.25) is 0 Å². The van der Waals surface area contributed by atoms with Gasteiger partial charge in [-0.3, -0.25) is 14.1 Å². The van der Waals surface area contributed by atoms with Crippen molar-refractivity contribution in [2.75, 3.05) is 19.7 Å². The lowest BCUT2D eigenvalue weighted by molar-refractivity contribution is 0.171. The first-order valence-corrected chi connectivity index (χ1v) is 11.0. The summed E-state index contributed by atoms with van der Waals surface area (Å²) in [5.74, 6) is 1.73. The highest BCUT2D eigenvalue weighted by atomic mass is 32.1. The van der Waals surface area contributed by atoms with Gasteiger partial charge in [-0.1, -0.05) is 12.1 Å². The fraction of sp³-hybridized carbons (Fsp3) is 0.455. The minimum absolute atomic E-state index is 0.0199. The van der Waals surface area contributed by atoms with Crippen LogP contribution in [-0.2, 0) is 13.0 Å². The summed E-state index contributed by atoms with van der Waals surface area (Å²) >= 11 is 1.51. The summed E-state index contributed by atoms with van der Waals surface area (Å²) in [6.07, 6.45) is 6.59. The van der Waals surface area contributed by atoms with Crippen LogP contribution >= 0.6 is 11.3 Å². The quantitative estimate of drug-likeness (QED) is 0.605. The van der Waals surface area contributed by atoms with Crippen molar-refractivity contribution in [1.82, 2.24) is 14.3 Å². The normalized spacial score (nSPS) is 15.9. The lowest BCUT2D eigenvalue weighted by Crippen LogP contribution is -2.34. The average molecular weight is 398 g/mol. The summed E-state index contributed by atoms with van der Waals surface area (Å²) in [7, 11) is 0. The molecule has 0 N–H and O–H groups in total. The molecule has 3 aromatic rings. The first kappa shape index (κ1) is 19.2. The standard InChI is InChI=1S/C22H27N3O2S/c1-2-27-20-7-5-17(6-8-20)3-4-18-9-11-24(12-10-18)16-19-15-21(26)25-13-14-28-22(25)23-19/h5-8,13-15,18H,2-4,9-12,16H2,1H3. The molecule has 6 heteroatoms. The number of thiazole rings is 1. The molecule has 1 aromatic carbocycles. The van der Waals surface area contributed by atoms with E-state index in [2.05, 4.69) is 34.1 Å². The zero-order valence-corrected chi connectivity index (χ0v) is 17.2. The number of fused-ring (bicyclic) bond motifs is 1. The van der Waals surface area contributed by atoms with Gasteiger partial charge < -0.3 is 4.74 Å². The highest BCUT2D eigenvalue weighted by molar-refractivity contribution is 7.15. The van der Waals surface area contributed by atoms with E-state index in [0.29, 0.717) is 6.61 Å². The van der Waals surface area contributed by atoms with E-state index < -0.39 is 0 Å². The van der Waals surface area contributed by atoms with E-state index in [0.717, 1.165) is 48.4 Å². The third-order valence-corrected chi connectivity index (χ3v) is 6.28. The number of ether oxygens (including phenoxy) is 1. The first-order chi connectivity index (χ1) is 13.7. The first-order valence-electron chi connectivity index (χ1n) is 10.1. The number of likely N-dealkylation sites (tertiary alicyclic amines) is 1. The van der Waals surface area contributed by atoms with Gasteiger partial charge in [-0.25, -0.2) is 4.98 Å². The maximum absolute atomic E-state index is 12.1. The minimum Gasteiger partial charge on any atom is -0.494 e. The Morgan fingerprint density at radius 2 is 2.00 bits per heavy atom. The van der Waals surface area contributed by atoms with E-state index in [1.165, 1.54) is 36.2 Å². The molecule has 1 aliphatic rings. The molecule has 0 aliphatic carbocycles. The summed E-state index contributed by atoms with van der Waals surface area (Å²) in [6.45, 7) is 5.66. The summed E-state index contributed by atoms with van der Waals surface area (Å²) in [4.78, 5) is 20.0. The Morgan fingerprint density at radius 3 is 2.75 bits per heavy atom. The second-order valence-corrected chi connectivity index (χ2v) is 8.35. The van der Waals surface area contributed by atoms with Crippen LogP contribution < -0.4 is 10.3 Å². The van der Waals surface area contributed by atoms with E-state index in [1.54, 1.807) is 16.7 Å². The molecule has 2 aromatic heterocycles. The van der Waals surface area contributed by atoms with Gasteiger partial charge in [-0.05, 0) is 69.3 Å². The third-order valence-electron chi connectivity index (χ3n) is 5.52. The van der Waals surface area contributed by atoms with Crippen molar-refractivity contribution >= 4 is 16.3 Å². The van der Waals surface area contributed by atoms with Gasteiger partial charge in [0.1, 0.15) is 5.75 Å². The summed E-state index contributed by atoms with van der Waals surface area (Å²) < 4.78 is 7.12. The molecule has 148 valence electrons. The van der Waals surface area contributed by atoms with Crippen molar-refractivity contribution < 1.29 is 4.74 Å². The van der Waals surface area contributed by atoms with Gasteiger partial charge in [-0.2, -0.15) is 0 Å². The Balaban J connectivity index is 1.25. The molecule has 1 saturated heterocycles. The lowest BCUT2D eigenvalue weighted by Gasteiger charge is -2.31. The van der Waals surface area contributed by atoms with Crippen LogP contribution in [-0.4, -0.2) is 34.0 Å². The Labute approximate surface area is 169 Å². The molecule has 28 heavy (non-hydrogen) atoms. The molecule has 0 atom stereocenters. The summed E-state index contributed by atoms with van der Waals surface area (Å²) in [5, 5.41) is 1.91. The van der Waals surface area contributed by atoms with E-state index in [9.17, 15) is 4.79 Å². The Morgan fingerprint density at radius 1 is 1.21 bits per heavy atom. The predicted molar refractivity (Wildman–Crippen MR) is 113 cm³/mol. The number of hydrogen-bond acceptors (Lipinski definition) is 5. The smallest absolute Gasteiger partial charge is 0.258 e. The van der Waals surface area contributed by atoms with Crippen LogP contribution in [0.2, 0.25) is 0 Å². The van der Waals surface area contributed by atoms with Gasteiger partial charge in [0.15, 0.2) is 4.96 Å². The molecule has 0 spiro atoms. The van der Waals surface area contributed by atoms with E-state index in [-0.39, 0.29) is 5.56 Å². The van der Waals surface area contributed by atoms with Crippen molar-refractivity contribution in [1.29, 1.82) is 0 Å². The minimum atomic E-state index is 0.0199. The number of nitrogens with zero attached hydrogens (tertiary/aromatic N) is 3. The highest BCUT2D eigenvalue weighted by Gasteiger charge is 2.20. The van der Waals surface area contributed by atoms with Crippen LogP contribution in [0.4, 0.5) is 0 Å². The van der Waals surface area contributed by atoms with Crippen LogP contribution in [0.3, 0.4) is 0 Å². The largest absolute Gasteiger partial charge is 0.494 e. The predicted octanol–water partition coefficient (Wildman–Crippen LogP) is 4.00. The third kappa shape index (κ3) is 4.62. The number of rotatable bonds is 7. The van der Waals surface area contributed by atoms with Crippen LogP contribution in [0.1, 0.15) is 37.4 Å². The van der Waals surface area contributed by atoms with Crippen molar-refractivity contribution in [3.05, 3.63) is 63.5 Å². The fourth-order valence-corrected chi connectivity index (χ4v) is 4.66. The number of benzene rings is 1. The molecule has 1 aliphatic heterocycles. The number of hydrogen-bond donors (Lipinski definition) is 0. The zero-order chi connectivity index (χ0) is 19.3. The Kier molecular flexibility index (Phi) is 6.07. The van der Waals surface area contributed by atoms with E-state index in [4.69, 9.17) is 4.74 Å². The Bertz CT molecular complexity index is 956. The molecular formula is C22H27N3O2S. The molecule has 0 radical (unpaired) electrons. The molecule has 3 heterocycles. The van der Waals surface area contributed by atoms with Gasteiger partial charge in [0, 0.05) is 24.2 Å². The van der Waals surface area contributed by atoms with E-state index in [1.807, 2.05) is 12.3 Å². The second-order valence-electron chi connectivity index (χ2n) is 7.48. The van der Waals surface area contributed by atoms with Crippen LogP contribution in [0.15, 0.2) is 46.7 Å². The maximum Gasteiger partial charge on any atom is 0.258 e. The van der Waals surface area contributed by atoms with Gasteiger partial charge in [0.25, 0.3) is 5.56 Å². The molecular weight excluding hydrogens is 370 g/mol. The lowest BCUT2D eigenvalue weighted by atomic mass is 9.90. The summed E-state index contributed by atoms with van der Waals surface area (Å²) in [5.41, 5.74) is 2.30. The fourth-order valence-electron chi connectivity index (χ4n) is 3.92. The van der Waals surface area contributed by atoms with Crippen LogP contribution in [0.25, 0.3) is 4.96 Å². The van der Waals surface area contributed by atoms with Gasteiger partial charge >= 0.3 is 0 Å². The van der Waals surface area contributed by atoms with Crippen LogP contribution in [0, 0.1) is 5.92 Å². The van der Waals surface area contributed by atoms with Crippen molar-refractivity contribution in [2.24, 2.45) is 5.92 Å².